The lowest BCUT2D eigenvalue weighted by atomic mass is 10.1. The van der Waals surface area contributed by atoms with Crippen LogP contribution < -0.4 is 10.7 Å². The number of amides is 1. The van der Waals surface area contributed by atoms with Crippen molar-refractivity contribution in [1.29, 1.82) is 0 Å². The van der Waals surface area contributed by atoms with E-state index in [0.717, 1.165) is 21.1 Å². The first-order valence-electron chi connectivity index (χ1n) is 8.26. The summed E-state index contributed by atoms with van der Waals surface area (Å²) in [5.41, 5.74) is 2.58. The van der Waals surface area contributed by atoms with Crippen LogP contribution in [0.2, 0.25) is 0 Å². The van der Waals surface area contributed by atoms with Gasteiger partial charge in [-0.2, -0.15) is 4.98 Å². The highest BCUT2D eigenvalue weighted by Crippen LogP contribution is 2.21. The molecule has 0 fully saturated rings. The third kappa shape index (κ3) is 3.15. The van der Waals surface area contributed by atoms with Gasteiger partial charge in [-0.05, 0) is 39.0 Å². The van der Waals surface area contributed by atoms with Crippen LogP contribution in [0.3, 0.4) is 0 Å². The summed E-state index contributed by atoms with van der Waals surface area (Å²) in [4.78, 5) is 30.8. The molecule has 3 heterocycles. The van der Waals surface area contributed by atoms with Gasteiger partial charge in [0.25, 0.3) is 11.9 Å². The third-order valence-electron chi connectivity index (χ3n) is 4.25. The fraction of sp³-hybridized carbons (Fsp3) is 0.158. The highest BCUT2D eigenvalue weighted by Gasteiger charge is 2.12. The Bertz CT molecular complexity index is 1280. The average molecular weight is 380 g/mol. The van der Waals surface area contributed by atoms with E-state index in [2.05, 4.69) is 15.4 Å². The minimum absolute atomic E-state index is 0.185. The standard InChI is InChI=1S/C19H16N4O3S/c1-10-4-6-15-14(8-10)17(25)13(9-26-15)5-7-16(24)20-18-21-19-23(22-18)11(2)12(3)27-19/h4-9H,1-3H3,(H,20,22,24)/b7-5+. The topological polar surface area (TPSA) is 89.5 Å². The first-order chi connectivity index (χ1) is 12.9. The molecule has 0 unspecified atom stereocenters. The maximum absolute atomic E-state index is 12.5. The molecule has 0 aliphatic carbocycles. The van der Waals surface area contributed by atoms with E-state index in [-0.39, 0.29) is 11.4 Å². The molecule has 0 spiro atoms. The molecule has 1 amide bonds. The first-order valence-corrected chi connectivity index (χ1v) is 9.08. The van der Waals surface area contributed by atoms with Crippen molar-refractivity contribution in [3.05, 3.63) is 62.5 Å². The molecule has 27 heavy (non-hydrogen) atoms. The van der Waals surface area contributed by atoms with Crippen LogP contribution in [0.5, 0.6) is 0 Å². The number of aryl methyl sites for hydroxylation is 3. The van der Waals surface area contributed by atoms with Crippen molar-refractivity contribution >= 4 is 45.2 Å². The zero-order valence-electron chi connectivity index (χ0n) is 14.9. The van der Waals surface area contributed by atoms with Gasteiger partial charge in [-0.3, -0.25) is 14.9 Å². The predicted molar refractivity (Wildman–Crippen MR) is 105 cm³/mol. The van der Waals surface area contributed by atoms with Gasteiger partial charge in [0.05, 0.1) is 16.6 Å². The van der Waals surface area contributed by atoms with E-state index in [4.69, 9.17) is 4.42 Å². The van der Waals surface area contributed by atoms with E-state index in [0.29, 0.717) is 16.5 Å². The first kappa shape index (κ1) is 17.2. The van der Waals surface area contributed by atoms with Crippen LogP contribution in [0.4, 0.5) is 5.95 Å². The lowest BCUT2D eigenvalue weighted by Crippen LogP contribution is -2.10. The van der Waals surface area contributed by atoms with Crippen LogP contribution in [0.1, 0.15) is 21.7 Å². The number of fused-ring (bicyclic) bond motifs is 2. The largest absolute Gasteiger partial charge is 0.463 e. The molecule has 136 valence electrons. The summed E-state index contributed by atoms with van der Waals surface area (Å²) in [6.07, 6.45) is 4.04. The Labute approximate surface area is 158 Å². The fourth-order valence-electron chi connectivity index (χ4n) is 2.69. The van der Waals surface area contributed by atoms with Gasteiger partial charge < -0.3 is 4.42 Å². The quantitative estimate of drug-likeness (QED) is 0.550. The molecule has 7 nitrogen and oxygen atoms in total. The van der Waals surface area contributed by atoms with Gasteiger partial charge in [0.1, 0.15) is 11.8 Å². The summed E-state index contributed by atoms with van der Waals surface area (Å²) < 4.78 is 7.17. The SMILES string of the molecule is Cc1ccc2occ(/C=C/C(=O)Nc3nc4sc(C)c(C)n4n3)c(=O)c2c1. The molecule has 0 bridgehead atoms. The van der Waals surface area contributed by atoms with Crippen molar-refractivity contribution in [2.45, 2.75) is 20.8 Å². The van der Waals surface area contributed by atoms with Crippen molar-refractivity contribution in [2.75, 3.05) is 5.32 Å². The zero-order chi connectivity index (χ0) is 19.1. The van der Waals surface area contributed by atoms with Crippen LogP contribution in [0.15, 0.2) is 39.7 Å². The second-order valence-electron chi connectivity index (χ2n) is 6.22. The molecule has 4 aromatic rings. The van der Waals surface area contributed by atoms with Crippen LogP contribution in [0, 0.1) is 20.8 Å². The summed E-state index contributed by atoms with van der Waals surface area (Å²) >= 11 is 1.51. The molecule has 0 aliphatic rings. The molecular formula is C19H16N4O3S. The number of hydrogen-bond donors (Lipinski definition) is 1. The van der Waals surface area contributed by atoms with Crippen molar-refractivity contribution < 1.29 is 9.21 Å². The van der Waals surface area contributed by atoms with E-state index in [1.165, 1.54) is 29.8 Å². The number of nitrogens with one attached hydrogen (secondary N) is 1. The summed E-state index contributed by atoms with van der Waals surface area (Å²) in [5, 5.41) is 7.36. The number of benzene rings is 1. The Hall–Kier alpha value is -3.26. The van der Waals surface area contributed by atoms with E-state index in [1.807, 2.05) is 26.8 Å². The third-order valence-corrected chi connectivity index (χ3v) is 5.30. The van der Waals surface area contributed by atoms with Crippen LogP contribution >= 0.6 is 11.3 Å². The average Bonchev–Trinajstić information content (AvgIpc) is 3.13. The summed E-state index contributed by atoms with van der Waals surface area (Å²) in [6.45, 7) is 5.84. The lowest BCUT2D eigenvalue weighted by Gasteiger charge is -2.00. The molecule has 0 atom stereocenters. The number of rotatable bonds is 3. The monoisotopic (exact) mass is 380 g/mol. The van der Waals surface area contributed by atoms with E-state index < -0.39 is 5.91 Å². The van der Waals surface area contributed by atoms with Gasteiger partial charge in [-0.1, -0.05) is 23.0 Å². The molecule has 0 aliphatic heterocycles. The van der Waals surface area contributed by atoms with Crippen LogP contribution in [0.25, 0.3) is 22.0 Å². The Morgan fingerprint density at radius 3 is 2.89 bits per heavy atom. The van der Waals surface area contributed by atoms with E-state index in [9.17, 15) is 9.59 Å². The normalized spacial score (nSPS) is 11.7. The molecule has 0 radical (unpaired) electrons. The number of anilines is 1. The number of carbonyl (C=O) groups excluding carboxylic acids is 1. The Morgan fingerprint density at radius 2 is 2.11 bits per heavy atom. The zero-order valence-corrected chi connectivity index (χ0v) is 15.8. The van der Waals surface area contributed by atoms with Gasteiger partial charge in [0.2, 0.25) is 4.96 Å². The number of aromatic nitrogens is 3. The summed E-state index contributed by atoms with van der Waals surface area (Å²) in [5.74, 6) is -0.202. The minimum Gasteiger partial charge on any atom is -0.463 e. The van der Waals surface area contributed by atoms with E-state index >= 15 is 0 Å². The van der Waals surface area contributed by atoms with Gasteiger partial charge in [-0.25, -0.2) is 4.52 Å². The number of hydrogen-bond acceptors (Lipinski definition) is 6. The molecule has 0 saturated heterocycles. The highest BCUT2D eigenvalue weighted by atomic mass is 32.1. The van der Waals surface area contributed by atoms with Crippen LogP contribution in [-0.4, -0.2) is 20.5 Å². The van der Waals surface area contributed by atoms with Crippen molar-refractivity contribution in [1.82, 2.24) is 14.6 Å². The smallest absolute Gasteiger partial charge is 0.250 e. The molecule has 1 aromatic carbocycles. The van der Waals surface area contributed by atoms with Gasteiger partial charge >= 0.3 is 0 Å². The van der Waals surface area contributed by atoms with Crippen molar-refractivity contribution in [3.8, 4) is 0 Å². The van der Waals surface area contributed by atoms with Crippen molar-refractivity contribution in [2.24, 2.45) is 0 Å². The Morgan fingerprint density at radius 1 is 1.30 bits per heavy atom. The maximum atomic E-state index is 12.5. The summed E-state index contributed by atoms with van der Waals surface area (Å²) in [7, 11) is 0. The Kier molecular flexibility index (Phi) is 4.12. The number of thiazole rings is 1. The summed E-state index contributed by atoms with van der Waals surface area (Å²) in [6, 6.07) is 5.40. The molecule has 0 saturated carbocycles. The molecular weight excluding hydrogens is 364 g/mol. The molecule has 3 aromatic heterocycles. The van der Waals surface area contributed by atoms with Gasteiger partial charge in [0, 0.05) is 11.0 Å². The molecule has 1 N–H and O–H groups in total. The maximum Gasteiger partial charge on any atom is 0.250 e. The number of nitrogens with zero attached hydrogens (tertiary/aromatic N) is 3. The highest BCUT2D eigenvalue weighted by molar-refractivity contribution is 7.17. The van der Waals surface area contributed by atoms with Crippen molar-refractivity contribution in [3.63, 3.8) is 0 Å². The second kappa shape index (κ2) is 6.48. The molecule has 8 heteroatoms. The minimum atomic E-state index is -0.425. The Balaban J connectivity index is 1.56. The second-order valence-corrected chi connectivity index (χ2v) is 7.40. The predicted octanol–water partition coefficient (Wildman–Crippen LogP) is 3.47. The lowest BCUT2D eigenvalue weighted by molar-refractivity contribution is -0.111. The van der Waals surface area contributed by atoms with E-state index in [1.54, 1.807) is 16.6 Å². The van der Waals surface area contributed by atoms with Crippen LogP contribution in [-0.2, 0) is 4.79 Å². The van der Waals surface area contributed by atoms with Gasteiger partial charge in [0.15, 0.2) is 5.43 Å². The number of carbonyl (C=O) groups is 1. The molecule has 4 rings (SSSR count). The van der Waals surface area contributed by atoms with Gasteiger partial charge in [-0.15, -0.1) is 5.10 Å². The fourth-order valence-corrected chi connectivity index (χ4v) is 3.59.